The fraction of sp³-hybridized carbons (Fsp3) is 0.357. The molecular weight excluding hydrogens is 292 g/mol. The van der Waals surface area contributed by atoms with E-state index in [0.717, 1.165) is 5.52 Å². The number of fused-ring (bicyclic) bond motifs is 1. The fourth-order valence-electron chi connectivity index (χ4n) is 1.73. The summed E-state index contributed by atoms with van der Waals surface area (Å²) in [5.74, 6) is -1.54. The fourth-order valence-corrected chi connectivity index (χ4v) is 2.40. The van der Waals surface area contributed by atoms with Crippen LogP contribution in [0.2, 0.25) is 0 Å². The van der Waals surface area contributed by atoms with E-state index in [9.17, 15) is 9.59 Å². The van der Waals surface area contributed by atoms with Crippen LogP contribution in [-0.2, 0) is 9.59 Å². The molecule has 1 heterocycles. The third-order valence-electron chi connectivity index (χ3n) is 2.99. The quantitative estimate of drug-likeness (QED) is 0.761. The first kappa shape index (κ1) is 15.4. The van der Waals surface area contributed by atoms with Gasteiger partial charge in [-0.3, -0.25) is 9.59 Å². The third kappa shape index (κ3) is 4.22. The number of aromatic nitrogens is 1. The lowest BCUT2D eigenvalue weighted by Gasteiger charge is -2.10. The maximum atomic E-state index is 11.7. The second kappa shape index (κ2) is 7.12. The van der Waals surface area contributed by atoms with E-state index < -0.39 is 11.9 Å². The molecule has 2 N–H and O–H groups in total. The summed E-state index contributed by atoms with van der Waals surface area (Å²) in [5.41, 5.74) is 1.43. The number of thioether (sulfide) groups is 1. The van der Waals surface area contributed by atoms with Crippen LogP contribution >= 0.6 is 11.8 Å². The van der Waals surface area contributed by atoms with Crippen molar-refractivity contribution in [2.24, 2.45) is 5.92 Å². The molecule has 0 aliphatic heterocycles. The topological polar surface area (TPSA) is 92.4 Å². The molecule has 1 unspecified atom stereocenters. The van der Waals surface area contributed by atoms with Gasteiger partial charge in [-0.1, -0.05) is 30.8 Å². The monoisotopic (exact) mass is 308 g/mol. The molecule has 21 heavy (non-hydrogen) atoms. The van der Waals surface area contributed by atoms with Gasteiger partial charge in [-0.05, 0) is 18.6 Å². The first-order valence-corrected chi connectivity index (χ1v) is 7.56. The van der Waals surface area contributed by atoms with Crippen molar-refractivity contribution in [2.45, 2.75) is 18.6 Å². The maximum absolute atomic E-state index is 11.7. The van der Waals surface area contributed by atoms with E-state index in [-0.39, 0.29) is 18.2 Å². The van der Waals surface area contributed by atoms with Crippen LogP contribution in [0.15, 0.2) is 33.9 Å². The van der Waals surface area contributed by atoms with E-state index in [1.54, 1.807) is 6.92 Å². The zero-order valence-electron chi connectivity index (χ0n) is 11.5. The molecule has 0 saturated heterocycles. The summed E-state index contributed by atoms with van der Waals surface area (Å²) < 4.78 is 5.48. The Balaban J connectivity index is 1.82. The zero-order chi connectivity index (χ0) is 15.2. The average Bonchev–Trinajstić information content (AvgIpc) is 2.88. The molecule has 0 saturated carbocycles. The molecule has 1 amide bonds. The Labute approximate surface area is 125 Å². The summed E-state index contributed by atoms with van der Waals surface area (Å²) in [6.45, 7) is 1.91. The number of hydrogen-bond donors (Lipinski definition) is 2. The Morgan fingerprint density at radius 2 is 2.19 bits per heavy atom. The van der Waals surface area contributed by atoms with Gasteiger partial charge in [-0.2, -0.15) is 0 Å². The summed E-state index contributed by atoms with van der Waals surface area (Å²) in [6, 6.07) is 7.36. The molecule has 0 aliphatic carbocycles. The van der Waals surface area contributed by atoms with Gasteiger partial charge in [-0.25, -0.2) is 4.98 Å². The highest BCUT2D eigenvalue weighted by Gasteiger charge is 2.16. The van der Waals surface area contributed by atoms with E-state index in [4.69, 9.17) is 9.52 Å². The largest absolute Gasteiger partial charge is 0.481 e. The van der Waals surface area contributed by atoms with Crippen molar-refractivity contribution in [3.8, 4) is 0 Å². The zero-order valence-corrected chi connectivity index (χ0v) is 12.4. The average molecular weight is 308 g/mol. The van der Waals surface area contributed by atoms with Crippen molar-refractivity contribution in [1.29, 1.82) is 0 Å². The summed E-state index contributed by atoms with van der Waals surface area (Å²) in [6.07, 6.45) is 0.480. The number of nitrogens with one attached hydrogen (secondary N) is 1. The van der Waals surface area contributed by atoms with Crippen LogP contribution in [0.5, 0.6) is 0 Å². The second-order valence-electron chi connectivity index (χ2n) is 4.48. The van der Waals surface area contributed by atoms with Crippen molar-refractivity contribution in [2.75, 3.05) is 12.3 Å². The van der Waals surface area contributed by atoms with Crippen LogP contribution in [0.3, 0.4) is 0 Å². The first-order valence-electron chi connectivity index (χ1n) is 6.58. The van der Waals surface area contributed by atoms with Crippen LogP contribution < -0.4 is 5.32 Å². The number of carbonyl (C=O) groups excluding carboxylic acids is 1. The number of para-hydroxylation sites is 2. The molecule has 112 valence electrons. The van der Waals surface area contributed by atoms with E-state index in [1.165, 1.54) is 11.8 Å². The molecule has 0 fully saturated rings. The smallest absolute Gasteiger partial charge is 0.308 e. The Kier molecular flexibility index (Phi) is 5.21. The normalized spacial score (nSPS) is 12.2. The number of benzene rings is 1. The van der Waals surface area contributed by atoms with Crippen molar-refractivity contribution in [3.05, 3.63) is 24.3 Å². The highest BCUT2D eigenvalue weighted by atomic mass is 32.2. The molecule has 0 radical (unpaired) electrons. The van der Waals surface area contributed by atoms with Gasteiger partial charge in [0.1, 0.15) is 5.52 Å². The standard InChI is InChI=1S/C14H16N2O4S/c1-2-9(13(18)19)7-15-12(17)8-21-14-16-10-5-3-4-6-11(10)20-14/h3-6,9H,2,7-8H2,1H3,(H,15,17)(H,18,19). The van der Waals surface area contributed by atoms with E-state index >= 15 is 0 Å². The van der Waals surface area contributed by atoms with Gasteiger partial charge in [0.05, 0.1) is 11.7 Å². The number of hydrogen-bond acceptors (Lipinski definition) is 5. The minimum atomic E-state index is -0.899. The van der Waals surface area contributed by atoms with E-state index in [0.29, 0.717) is 17.2 Å². The number of carbonyl (C=O) groups is 2. The summed E-state index contributed by atoms with van der Waals surface area (Å²) in [4.78, 5) is 26.8. The van der Waals surface area contributed by atoms with Gasteiger partial charge in [0.2, 0.25) is 5.91 Å². The number of nitrogens with zero attached hydrogens (tertiary/aromatic N) is 1. The summed E-state index contributed by atoms with van der Waals surface area (Å²) in [7, 11) is 0. The van der Waals surface area contributed by atoms with Crippen LogP contribution in [0, 0.1) is 5.92 Å². The number of oxazole rings is 1. The SMILES string of the molecule is CCC(CNC(=O)CSc1nc2ccccc2o1)C(=O)O. The number of amides is 1. The lowest BCUT2D eigenvalue weighted by molar-refractivity contribution is -0.141. The molecule has 2 aromatic rings. The van der Waals surface area contributed by atoms with E-state index in [2.05, 4.69) is 10.3 Å². The summed E-state index contributed by atoms with van der Waals surface area (Å²) in [5, 5.41) is 11.9. The predicted molar refractivity (Wildman–Crippen MR) is 79.2 cm³/mol. The molecule has 6 nitrogen and oxygen atoms in total. The lowest BCUT2D eigenvalue weighted by atomic mass is 10.1. The third-order valence-corrected chi connectivity index (χ3v) is 3.82. The van der Waals surface area contributed by atoms with Crippen molar-refractivity contribution in [1.82, 2.24) is 10.3 Å². The van der Waals surface area contributed by atoms with Crippen molar-refractivity contribution in [3.63, 3.8) is 0 Å². The second-order valence-corrected chi connectivity index (χ2v) is 5.41. The molecule has 0 bridgehead atoms. The van der Waals surface area contributed by atoms with Crippen LogP contribution in [0.25, 0.3) is 11.1 Å². The molecule has 1 aromatic carbocycles. The van der Waals surface area contributed by atoms with Gasteiger partial charge in [0.25, 0.3) is 5.22 Å². The van der Waals surface area contributed by atoms with Crippen LogP contribution in [-0.4, -0.2) is 34.3 Å². The molecule has 0 aliphatic rings. The predicted octanol–water partition coefficient (Wildman–Crippen LogP) is 2.15. The Hall–Kier alpha value is -2.02. The van der Waals surface area contributed by atoms with Gasteiger partial charge in [-0.15, -0.1) is 0 Å². The van der Waals surface area contributed by atoms with E-state index in [1.807, 2.05) is 24.3 Å². The van der Waals surface area contributed by atoms with Crippen LogP contribution in [0.1, 0.15) is 13.3 Å². The number of rotatable bonds is 7. The highest BCUT2D eigenvalue weighted by molar-refractivity contribution is 7.99. The van der Waals surface area contributed by atoms with Gasteiger partial charge in [0, 0.05) is 6.54 Å². The maximum Gasteiger partial charge on any atom is 0.308 e. The minimum Gasteiger partial charge on any atom is -0.481 e. The Morgan fingerprint density at radius 3 is 2.86 bits per heavy atom. The molecule has 0 spiro atoms. The molecule has 7 heteroatoms. The van der Waals surface area contributed by atoms with Gasteiger partial charge < -0.3 is 14.8 Å². The van der Waals surface area contributed by atoms with Gasteiger partial charge >= 0.3 is 5.97 Å². The number of carboxylic acid groups (broad SMARTS) is 1. The Bertz CT molecular complexity index is 608. The van der Waals surface area contributed by atoms with Crippen molar-refractivity contribution < 1.29 is 19.1 Å². The highest BCUT2D eigenvalue weighted by Crippen LogP contribution is 2.22. The van der Waals surface area contributed by atoms with Crippen LogP contribution in [0.4, 0.5) is 0 Å². The molecule has 2 rings (SSSR count). The summed E-state index contributed by atoms with van der Waals surface area (Å²) >= 11 is 1.18. The lowest BCUT2D eigenvalue weighted by Crippen LogP contribution is -2.33. The molecule has 1 aromatic heterocycles. The molecule has 1 atom stereocenters. The number of aliphatic carboxylic acids is 1. The van der Waals surface area contributed by atoms with Crippen molar-refractivity contribution >= 4 is 34.7 Å². The minimum absolute atomic E-state index is 0.138. The first-order chi connectivity index (χ1) is 10.1. The molecular formula is C14H16N2O4S. The van der Waals surface area contributed by atoms with Gasteiger partial charge in [0.15, 0.2) is 5.58 Å². The Morgan fingerprint density at radius 1 is 1.43 bits per heavy atom. The number of carboxylic acids is 1.